The monoisotopic (exact) mass is 559 g/mol. The van der Waals surface area contributed by atoms with Crippen LogP contribution in [0.3, 0.4) is 0 Å². The quantitative estimate of drug-likeness (QED) is 0.201. The van der Waals surface area contributed by atoms with E-state index in [-0.39, 0.29) is 11.7 Å². The van der Waals surface area contributed by atoms with E-state index in [0.29, 0.717) is 53.2 Å². The predicted octanol–water partition coefficient (Wildman–Crippen LogP) is 3.97. The minimum absolute atomic E-state index is 0.211. The van der Waals surface area contributed by atoms with E-state index < -0.39 is 17.7 Å². The number of aromatic nitrogens is 4. The molecular formula is C28H33N9O4. The molecule has 214 valence electrons. The number of pyridine rings is 1. The third kappa shape index (κ3) is 7.68. The van der Waals surface area contributed by atoms with E-state index in [4.69, 9.17) is 10.5 Å². The molecule has 0 atom stereocenters. The highest BCUT2D eigenvalue weighted by atomic mass is 16.6. The standard InChI is InChI=1S/C28H33N9O4/c1-17-7-5-8-21(34-17)36-26(39)35-19-11-9-18(10-12-19)22-20(15-37-23(22)24(29)32-16-33-37)25(38)30-13-6-14-31-27(40)41-28(2,3)4/h5,7-12,15-16H,6,13-14H2,1-4H3,(H,30,38)(H,31,40)(H2,29,32,33)(H2,34,35,36,39). The van der Waals surface area contributed by atoms with E-state index in [1.165, 1.54) is 10.8 Å². The number of hydrogen-bond acceptors (Lipinski definition) is 8. The predicted molar refractivity (Wildman–Crippen MR) is 156 cm³/mol. The van der Waals surface area contributed by atoms with Crippen LogP contribution >= 0.6 is 0 Å². The molecule has 0 aliphatic carbocycles. The zero-order valence-electron chi connectivity index (χ0n) is 23.3. The highest BCUT2D eigenvalue weighted by Crippen LogP contribution is 2.33. The topological polar surface area (TPSA) is 178 Å². The molecule has 3 aromatic heterocycles. The van der Waals surface area contributed by atoms with Crippen LogP contribution in [0.1, 0.15) is 43.2 Å². The zero-order chi connectivity index (χ0) is 29.6. The van der Waals surface area contributed by atoms with E-state index in [0.717, 1.165) is 5.69 Å². The second-order valence-electron chi connectivity index (χ2n) is 10.2. The van der Waals surface area contributed by atoms with Crippen molar-refractivity contribution in [3.05, 3.63) is 66.2 Å². The van der Waals surface area contributed by atoms with E-state index in [9.17, 15) is 14.4 Å². The summed E-state index contributed by atoms with van der Waals surface area (Å²) in [4.78, 5) is 45.8. The highest BCUT2D eigenvalue weighted by molar-refractivity contribution is 6.07. The van der Waals surface area contributed by atoms with Gasteiger partial charge in [-0.05, 0) is 63.9 Å². The number of aryl methyl sites for hydroxylation is 1. The van der Waals surface area contributed by atoms with E-state index in [1.54, 1.807) is 63.4 Å². The first-order chi connectivity index (χ1) is 19.5. The molecule has 4 aromatic rings. The minimum Gasteiger partial charge on any atom is -0.444 e. The molecule has 0 unspecified atom stereocenters. The van der Waals surface area contributed by atoms with Crippen LogP contribution in [0.5, 0.6) is 0 Å². The molecule has 13 heteroatoms. The number of nitrogens with zero attached hydrogens (tertiary/aromatic N) is 4. The lowest BCUT2D eigenvalue weighted by Gasteiger charge is -2.19. The number of nitrogen functional groups attached to an aromatic ring is 1. The molecule has 0 fully saturated rings. The van der Waals surface area contributed by atoms with Gasteiger partial charge in [0.05, 0.1) is 5.56 Å². The summed E-state index contributed by atoms with van der Waals surface area (Å²) in [6.07, 6.45) is 2.88. The Bertz CT molecular complexity index is 1560. The largest absolute Gasteiger partial charge is 0.444 e. The van der Waals surface area contributed by atoms with Gasteiger partial charge in [-0.15, -0.1) is 0 Å². The number of alkyl carbamates (subject to hydrolysis) is 1. The molecule has 3 heterocycles. The van der Waals surface area contributed by atoms with Crippen LogP contribution in [-0.2, 0) is 4.74 Å². The number of fused-ring (bicyclic) bond motifs is 1. The summed E-state index contributed by atoms with van der Waals surface area (Å²) in [5.74, 6) is 0.309. The molecule has 41 heavy (non-hydrogen) atoms. The molecule has 0 aliphatic rings. The molecule has 0 radical (unpaired) electrons. The Morgan fingerprint density at radius 1 is 1.00 bits per heavy atom. The molecule has 6 N–H and O–H groups in total. The maximum Gasteiger partial charge on any atom is 0.407 e. The van der Waals surface area contributed by atoms with Gasteiger partial charge in [-0.1, -0.05) is 18.2 Å². The molecule has 0 aliphatic heterocycles. The molecule has 0 bridgehead atoms. The Hall–Kier alpha value is -5.20. The summed E-state index contributed by atoms with van der Waals surface area (Å²) in [6, 6.07) is 11.9. The van der Waals surface area contributed by atoms with Crippen molar-refractivity contribution < 1.29 is 19.1 Å². The Labute approximate surface area is 236 Å². The van der Waals surface area contributed by atoms with Crippen molar-refractivity contribution >= 4 is 40.9 Å². The van der Waals surface area contributed by atoms with Crippen molar-refractivity contribution in [1.82, 2.24) is 30.2 Å². The van der Waals surface area contributed by atoms with Gasteiger partial charge in [0, 0.05) is 36.2 Å². The summed E-state index contributed by atoms with van der Waals surface area (Å²) in [6.45, 7) is 7.84. The number of ether oxygens (including phenoxy) is 1. The van der Waals surface area contributed by atoms with Crippen LogP contribution in [0.25, 0.3) is 16.6 Å². The fraction of sp³-hybridized carbons (Fsp3) is 0.286. The molecule has 0 saturated heterocycles. The van der Waals surface area contributed by atoms with Crippen molar-refractivity contribution in [1.29, 1.82) is 0 Å². The van der Waals surface area contributed by atoms with E-state index >= 15 is 0 Å². The molecule has 1 aromatic carbocycles. The number of nitrogens with two attached hydrogens (primary N) is 1. The summed E-state index contributed by atoms with van der Waals surface area (Å²) in [7, 11) is 0. The van der Waals surface area contributed by atoms with Crippen molar-refractivity contribution in [2.45, 2.75) is 39.7 Å². The average molecular weight is 560 g/mol. The van der Waals surface area contributed by atoms with Gasteiger partial charge in [0.25, 0.3) is 5.91 Å². The Kier molecular flexibility index (Phi) is 8.66. The van der Waals surface area contributed by atoms with Crippen molar-refractivity contribution in [3.63, 3.8) is 0 Å². The second-order valence-corrected chi connectivity index (χ2v) is 10.2. The molecular weight excluding hydrogens is 526 g/mol. The number of nitrogens with one attached hydrogen (secondary N) is 4. The molecule has 0 saturated carbocycles. The highest BCUT2D eigenvalue weighted by Gasteiger charge is 2.22. The number of carbonyl (C=O) groups is 3. The first-order valence-electron chi connectivity index (χ1n) is 13.0. The Morgan fingerprint density at radius 2 is 1.73 bits per heavy atom. The Balaban J connectivity index is 1.45. The van der Waals surface area contributed by atoms with Gasteiger partial charge in [-0.2, -0.15) is 5.10 Å². The van der Waals surface area contributed by atoms with Crippen LogP contribution in [-0.4, -0.2) is 56.3 Å². The fourth-order valence-electron chi connectivity index (χ4n) is 4.00. The fourth-order valence-corrected chi connectivity index (χ4v) is 4.00. The van der Waals surface area contributed by atoms with Crippen LogP contribution in [0.15, 0.2) is 55.0 Å². The number of amides is 4. The van der Waals surface area contributed by atoms with Gasteiger partial charge in [-0.3, -0.25) is 10.1 Å². The van der Waals surface area contributed by atoms with E-state index in [1.807, 2.05) is 13.0 Å². The summed E-state index contributed by atoms with van der Waals surface area (Å²) < 4.78 is 6.72. The van der Waals surface area contributed by atoms with Gasteiger partial charge < -0.3 is 26.4 Å². The number of anilines is 3. The van der Waals surface area contributed by atoms with Crippen molar-refractivity contribution in [3.8, 4) is 11.1 Å². The summed E-state index contributed by atoms with van der Waals surface area (Å²) in [5, 5.41) is 15.2. The van der Waals surface area contributed by atoms with Crippen molar-refractivity contribution in [2.75, 3.05) is 29.5 Å². The lowest BCUT2D eigenvalue weighted by molar-refractivity contribution is 0.0527. The number of rotatable bonds is 8. The number of hydrogen-bond donors (Lipinski definition) is 5. The maximum atomic E-state index is 13.2. The van der Waals surface area contributed by atoms with Gasteiger partial charge in [0.2, 0.25) is 0 Å². The summed E-state index contributed by atoms with van der Waals surface area (Å²) in [5.41, 5.74) is 8.96. The summed E-state index contributed by atoms with van der Waals surface area (Å²) >= 11 is 0. The SMILES string of the molecule is Cc1cccc(NC(=O)Nc2ccc(-c3c(C(=O)NCCCNC(=O)OC(C)(C)C)cn4ncnc(N)c34)cc2)n1. The lowest BCUT2D eigenvalue weighted by Crippen LogP contribution is -2.34. The van der Waals surface area contributed by atoms with Gasteiger partial charge >= 0.3 is 12.1 Å². The molecule has 0 spiro atoms. The Morgan fingerprint density at radius 3 is 2.44 bits per heavy atom. The first kappa shape index (κ1) is 28.8. The van der Waals surface area contributed by atoms with Gasteiger partial charge in [-0.25, -0.2) is 24.1 Å². The van der Waals surface area contributed by atoms with Crippen LogP contribution in [0.2, 0.25) is 0 Å². The molecule has 4 amide bonds. The molecule has 4 rings (SSSR count). The number of benzene rings is 1. The normalized spacial score (nSPS) is 11.1. The maximum absolute atomic E-state index is 13.2. The van der Waals surface area contributed by atoms with E-state index in [2.05, 4.69) is 36.3 Å². The van der Waals surface area contributed by atoms with Crippen molar-refractivity contribution in [2.24, 2.45) is 0 Å². The number of carbonyl (C=O) groups excluding carboxylic acids is 3. The minimum atomic E-state index is -0.587. The van der Waals surface area contributed by atoms with Gasteiger partial charge in [0.15, 0.2) is 5.82 Å². The molecule has 13 nitrogen and oxygen atoms in total. The zero-order valence-corrected chi connectivity index (χ0v) is 23.3. The lowest BCUT2D eigenvalue weighted by atomic mass is 10.0. The van der Waals surface area contributed by atoms with Gasteiger partial charge in [0.1, 0.15) is 23.3 Å². The van der Waals surface area contributed by atoms with Crippen LogP contribution in [0, 0.1) is 6.92 Å². The second kappa shape index (κ2) is 12.3. The average Bonchev–Trinajstić information content (AvgIpc) is 3.29. The van der Waals surface area contributed by atoms with Crippen LogP contribution in [0.4, 0.5) is 26.9 Å². The first-order valence-corrected chi connectivity index (χ1v) is 13.0. The van der Waals surface area contributed by atoms with Crippen LogP contribution < -0.4 is 27.0 Å². The smallest absolute Gasteiger partial charge is 0.407 e. The third-order valence-electron chi connectivity index (χ3n) is 5.72. The number of urea groups is 1. The third-order valence-corrected chi connectivity index (χ3v) is 5.72.